The SMILES string of the molecule is Nc1c(Oc2ccc(C=O)cc2)cc(O)c2c1C(=O)c1ccccc1C2=O. The zero-order valence-corrected chi connectivity index (χ0v) is 13.9. The molecule has 3 aromatic rings. The van der Waals surface area contributed by atoms with E-state index >= 15 is 0 Å². The van der Waals surface area contributed by atoms with Crippen LogP contribution in [0, 0.1) is 0 Å². The first-order chi connectivity index (χ1) is 13.0. The predicted octanol–water partition coefficient (Wildman–Crippen LogP) is 3.35. The highest BCUT2D eigenvalue weighted by Crippen LogP contribution is 2.42. The maximum Gasteiger partial charge on any atom is 0.198 e. The highest BCUT2D eigenvalue weighted by atomic mass is 16.5. The number of aromatic hydroxyl groups is 1. The number of benzene rings is 3. The molecule has 0 spiro atoms. The monoisotopic (exact) mass is 359 g/mol. The Morgan fingerprint density at radius 2 is 1.48 bits per heavy atom. The van der Waals surface area contributed by atoms with Crippen molar-refractivity contribution >= 4 is 23.5 Å². The van der Waals surface area contributed by atoms with E-state index in [0.717, 1.165) is 0 Å². The normalized spacial score (nSPS) is 12.3. The van der Waals surface area contributed by atoms with Crippen LogP contribution in [0.4, 0.5) is 5.69 Å². The number of phenolic OH excluding ortho intramolecular Hbond substituents is 1. The van der Waals surface area contributed by atoms with Crippen LogP contribution in [-0.4, -0.2) is 23.0 Å². The Balaban J connectivity index is 1.83. The Hall–Kier alpha value is -3.93. The van der Waals surface area contributed by atoms with E-state index in [9.17, 15) is 19.5 Å². The van der Waals surface area contributed by atoms with Crippen LogP contribution in [0.5, 0.6) is 17.2 Å². The van der Waals surface area contributed by atoms with Crippen LogP contribution in [0.3, 0.4) is 0 Å². The Labute approximate surface area is 153 Å². The fraction of sp³-hybridized carbons (Fsp3) is 0. The molecule has 0 aliphatic heterocycles. The lowest BCUT2D eigenvalue weighted by Gasteiger charge is -2.21. The number of nitrogen functional groups attached to an aromatic ring is 1. The smallest absolute Gasteiger partial charge is 0.198 e. The fourth-order valence-electron chi connectivity index (χ4n) is 3.10. The van der Waals surface area contributed by atoms with E-state index in [1.54, 1.807) is 42.5 Å². The Morgan fingerprint density at radius 3 is 2.07 bits per heavy atom. The molecule has 0 fully saturated rings. The second-order valence-electron chi connectivity index (χ2n) is 6.05. The third-order valence-corrected chi connectivity index (χ3v) is 4.42. The molecule has 0 saturated carbocycles. The number of carbonyl (C=O) groups is 3. The summed E-state index contributed by atoms with van der Waals surface area (Å²) in [6, 6.07) is 13.8. The van der Waals surface area contributed by atoms with Gasteiger partial charge in [-0.05, 0) is 24.3 Å². The molecular weight excluding hydrogens is 346 g/mol. The van der Waals surface area contributed by atoms with Crippen LogP contribution in [0.25, 0.3) is 0 Å². The van der Waals surface area contributed by atoms with Crippen molar-refractivity contribution in [3.05, 3.63) is 82.4 Å². The Bertz CT molecular complexity index is 1120. The highest BCUT2D eigenvalue weighted by molar-refractivity contribution is 6.31. The first-order valence-corrected chi connectivity index (χ1v) is 8.08. The number of hydrogen-bond acceptors (Lipinski definition) is 6. The number of anilines is 1. The van der Waals surface area contributed by atoms with Gasteiger partial charge in [-0.15, -0.1) is 0 Å². The molecule has 6 nitrogen and oxygen atoms in total. The molecule has 1 aliphatic rings. The average molecular weight is 359 g/mol. The molecule has 3 N–H and O–H groups in total. The zero-order valence-electron chi connectivity index (χ0n) is 13.9. The van der Waals surface area contributed by atoms with E-state index in [1.807, 2.05) is 0 Å². The van der Waals surface area contributed by atoms with Gasteiger partial charge in [-0.3, -0.25) is 14.4 Å². The number of hydrogen-bond donors (Lipinski definition) is 2. The van der Waals surface area contributed by atoms with E-state index in [2.05, 4.69) is 0 Å². The fourth-order valence-corrected chi connectivity index (χ4v) is 3.10. The van der Waals surface area contributed by atoms with Crippen molar-refractivity contribution in [1.29, 1.82) is 0 Å². The summed E-state index contributed by atoms with van der Waals surface area (Å²) < 4.78 is 5.66. The average Bonchev–Trinajstić information content (AvgIpc) is 2.69. The Morgan fingerprint density at radius 1 is 0.889 bits per heavy atom. The molecule has 0 unspecified atom stereocenters. The molecular formula is C21H13NO5. The topological polar surface area (TPSA) is 107 Å². The molecule has 1 aliphatic carbocycles. The molecule has 0 atom stereocenters. The lowest BCUT2D eigenvalue weighted by atomic mass is 9.82. The van der Waals surface area contributed by atoms with Crippen molar-refractivity contribution in [2.45, 2.75) is 0 Å². The molecule has 6 heteroatoms. The van der Waals surface area contributed by atoms with Crippen molar-refractivity contribution in [1.82, 2.24) is 0 Å². The van der Waals surface area contributed by atoms with Gasteiger partial charge in [0.1, 0.15) is 17.8 Å². The molecule has 0 aromatic heterocycles. The minimum Gasteiger partial charge on any atom is -0.507 e. The number of aldehydes is 1. The van der Waals surface area contributed by atoms with Crippen LogP contribution >= 0.6 is 0 Å². The first-order valence-electron chi connectivity index (χ1n) is 8.08. The van der Waals surface area contributed by atoms with Gasteiger partial charge in [0.2, 0.25) is 0 Å². The molecule has 27 heavy (non-hydrogen) atoms. The first kappa shape index (κ1) is 16.5. The van der Waals surface area contributed by atoms with Crippen molar-refractivity contribution < 1.29 is 24.2 Å². The van der Waals surface area contributed by atoms with E-state index in [0.29, 0.717) is 17.6 Å². The summed E-state index contributed by atoms with van der Waals surface area (Å²) in [6.07, 6.45) is 0.699. The number of nitrogens with two attached hydrogens (primary N) is 1. The van der Waals surface area contributed by atoms with Gasteiger partial charge < -0.3 is 15.6 Å². The second kappa shape index (κ2) is 6.10. The Kier molecular flexibility index (Phi) is 3.74. The molecule has 0 amide bonds. The van der Waals surface area contributed by atoms with Crippen molar-refractivity contribution in [3.8, 4) is 17.2 Å². The zero-order chi connectivity index (χ0) is 19.1. The van der Waals surface area contributed by atoms with Gasteiger partial charge in [0.05, 0.1) is 16.8 Å². The third kappa shape index (κ3) is 2.55. The van der Waals surface area contributed by atoms with Gasteiger partial charge in [0.25, 0.3) is 0 Å². The van der Waals surface area contributed by atoms with Gasteiger partial charge in [-0.2, -0.15) is 0 Å². The number of ether oxygens (including phenoxy) is 1. The maximum absolute atomic E-state index is 12.9. The number of fused-ring (bicyclic) bond motifs is 2. The third-order valence-electron chi connectivity index (χ3n) is 4.42. The summed E-state index contributed by atoms with van der Waals surface area (Å²) >= 11 is 0. The summed E-state index contributed by atoms with van der Waals surface area (Å²) in [6.45, 7) is 0. The summed E-state index contributed by atoms with van der Waals surface area (Å²) in [4.78, 5) is 36.3. The number of rotatable bonds is 3. The number of ketones is 2. The second-order valence-corrected chi connectivity index (χ2v) is 6.05. The number of phenols is 1. The van der Waals surface area contributed by atoms with E-state index in [4.69, 9.17) is 10.5 Å². The number of carbonyl (C=O) groups excluding carboxylic acids is 3. The van der Waals surface area contributed by atoms with Gasteiger partial charge in [-0.1, -0.05) is 24.3 Å². The summed E-state index contributed by atoms with van der Waals surface area (Å²) in [5.41, 5.74) is 6.82. The molecule has 3 aromatic carbocycles. The summed E-state index contributed by atoms with van der Waals surface area (Å²) in [5, 5.41) is 10.4. The maximum atomic E-state index is 12.9. The minimum atomic E-state index is -0.466. The van der Waals surface area contributed by atoms with Crippen LogP contribution in [0.2, 0.25) is 0 Å². The van der Waals surface area contributed by atoms with Crippen molar-refractivity contribution in [2.75, 3.05) is 5.73 Å². The van der Waals surface area contributed by atoms with Crippen LogP contribution in [-0.2, 0) is 0 Å². The quantitative estimate of drug-likeness (QED) is 0.330. The van der Waals surface area contributed by atoms with Crippen molar-refractivity contribution in [2.24, 2.45) is 0 Å². The molecule has 0 heterocycles. The highest BCUT2D eigenvalue weighted by Gasteiger charge is 2.35. The minimum absolute atomic E-state index is 0.0323. The molecule has 132 valence electrons. The lowest BCUT2D eigenvalue weighted by Crippen LogP contribution is -2.22. The van der Waals surface area contributed by atoms with Gasteiger partial charge >= 0.3 is 0 Å². The summed E-state index contributed by atoms with van der Waals surface area (Å²) in [7, 11) is 0. The summed E-state index contributed by atoms with van der Waals surface area (Å²) in [5.74, 6) is -0.889. The van der Waals surface area contributed by atoms with Crippen LogP contribution in [0.1, 0.15) is 42.2 Å². The van der Waals surface area contributed by atoms with Crippen molar-refractivity contribution in [3.63, 3.8) is 0 Å². The molecule has 4 rings (SSSR count). The van der Waals surface area contributed by atoms with Gasteiger partial charge in [0, 0.05) is 22.8 Å². The molecule has 0 bridgehead atoms. The largest absolute Gasteiger partial charge is 0.507 e. The van der Waals surface area contributed by atoms with E-state index < -0.39 is 11.6 Å². The predicted molar refractivity (Wildman–Crippen MR) is 97.7 cm³/mol. The van der Waals surface area contributed by atoms with E-state index in [1.165, 1.54) is 12.1 Å². The van der Waals surface area contributed by atoms with Crippen LogP contribution in [0.15, 0.2) is 54.6 Å². The molecule has 0 saturated heterocycles. The van der Waals surface area contributed by atoms with Gasteiger partial charge in [-0.25, -0.2) is 0 Å². The van der Waals surface area contributed by atoms with Crippen LogP contribution < -0.4 is 10.5 Å². The molecule has 0 radical (unpaired) electrons. The lowest BCUT2D eigenvalue weighted by molar-refractivity contribution is 0.0977. The van der Waals surface area contributed by atoms with E-state index in [-0.39, 0.29) is 39.4 Å². The van der Waals surface area contributed by atoms with Gasteiger partial charge in [0.15, 0.2) is 17.3 Å². The standard InChI is InChI=1S/C21H13NO5/c22-19-16(27-12-7-5-11(10-23)6-8-12)9-15(24)17-18(19)21(26)14-4-2-1-3-13(14)20(17)25/h1-10,24H,22H2.